The molecule has 3 aliphatic rings. The molecule has 2 amide bonds. The number of ether oxygens (including phenoxy) is 2. The third-order valence-electron chi connectivity index (χ3n) is 8.09. The zero-order valence-electron chi connectivity index (χ0n) is 20.0. The van der Waals surface area contributed by atoms with Gasteiger partial charge in [0.05, 0.1) is 6.10 Å². The summed E-state index contributed by atoms with van der Waals surface area (Å²) >= 11 is 0. The average Bonchev–Trinajstić information content (AvgIpc) is 3.43. The van der Waals surface area contributed by atoms with E-state index in [4.69, 9.17) is 9.47 Å². The van der Waals surface area contributed by atoms with E-state index in [1.54, 1.807) is 0 Å². The van der Waals surface area contributed by atoms with Crippen LogP contribution in [0.25, 0.3) is 11.1 Å². The fourth-order valence-corrected chi connectivity index (χ4v) is 6.29. The van der Waals surface area contributed by atoms with Crippen LogP contribution in [0.3, 0.4) is 0 Å². The standard InChI is InChI=1S/C27H30N2O6/c1-15(23(30)31)28-24(32)27(21-12-13-34-22(21)26(27,2)3)29-25(33)35-14-20-18-10-6-4-8-16(18)17-9-5-7-11-19(17)20/h4-11,15,20-22H,12-14H2,1-3H3,(H,28,32)(H,29,33)(H,30,31). The van der Waals surface area contributed by atoms with E-state index in [1.165, 1.54) is 6.92 Å². The summed E-state index contributed by atoms with van der Waals surface area (Å²) in [4.78, 5) is 38.0. The zero-order valence-corrected chi connectivity index (χ0v) is 20.0. The number of hydrogen-bond acceptors (Lipinski definition) is 5. The highest BCUT2D eigenvalue weighted by molar-refractivity contribution is 5.95. The normalized spacial score (nSPS) is 26.5. The van der Waals surface area contributed by atoms with Gasteiger partial charge in [-0.05, 0) is 35.6 Å². The minimum absolute atomic E-state index is 0.109. The molecule has 3 N–H and O–H groups in total. The number of carboxylic acid groups (broad SMARTS) is 1. The molecule has 8 heteroatoms. The molecular weight excluding hydrogens is 448 g/mol. The Morgan fingerprint density at radius 1 is 1.09 bits per heavy atom. The number of amides is 2. The van der Waals surface area contributed by atoms with Crippen molar-refractivity contribution in [3.8, 4) is 11.1 Å². The topological polar surface area (TPSA) is 114 Å². The van der Waals surface area contributed by atoms with E-state index in [9.17, 15) is 19.5 Å². The number of rotatable bonds is 6. The molecule has 1 saturated heterocycles. The van der Waals surface area contributed by atoms with Crippen molar-refractivity contribution in [2.24, 2.45) is 11.3 Å². The Morgan fingerprint density at radius 2 is 1.69 bits per heavy atom. The van der Waals surface area contributed by atoms with Crippen molar-refractivity contribution in [2.75, 3.05) is 13.2 Å². The summed E-state index contributed by atoms with van der Waals surface area (Å²) in [6.07, 6.45) is -0.321. The van der Waals surface area contributed by atoms with E-state index in [2.05, 4.69) is 22.8 Å². The largest absolute Gasteiger partial charge is 0.480 e. The summed E-state index contributed by atoms with van der Waals surface area (Å²) in [5, 5.41) is 14.7. The Morgan fingerprint density at radius 3 is 2.29 bits per heavy atom. The molecule has 0 bridgehead atoms. The maximum atomic E-state index is 13.4. The lowest BCUT2D eigenvalue weighted by Gasteiger charge is -2.62. The summed E-state index contributed by atoms with van der Waals surface area (Å²) in [5.41, 5.74) is 2.36. The van der Waals surface area contributed by atoms with Gasteiger partial charge >= 0.3 is 12.1 Å². The molecule has 2 fully saturated rings. The number of fused-ring (bicyclic) bond motifs is 4. The van der Waals surface area contributed by atoms with Gasteiger partial charge in [-0.25, -0.2) is 4.79 Å². The van der Waals surface area contributed by atoms with Gasteiger partial charge < -0.3 is 25.2 Å². The van der Waals surface area contributed by atoms with Crippen molar-refractivity contribution in [3.63, 3.8) is 0 Å². The van der Waals surface area contributed by atoms with E-state index in [0.29, 0.717) is 13.0 Å². The Labute approximate surface area is 204 Å². The first-order chi connectivity index (χ1) is 16.7. The van der Waals surface area contributed by atoms with Gasteiger partial charge in [0.25, 0.3) is 0 Å². The summed E-state index contributed by atoms with van der Waals surface area (Å²) in [7, 11) is 0. The molecule has 1 heterocycles. The maximum Gasteiger partial charge on any atom is 0.408 e. The summed E-state index contributed by atoms with van der Waals surface area (Å²) < 4.78 is 11.6. The summed E-state index contributed by atoms with van der Waals surface area (Å²) in [6.45, 7) is 5.71. The number of aliphatic carboxylic acids is 1. The predicted molar refractivity (Wildman–Crippen MR) is 128 cm³/mol. The van der Waals surface area contributed by atoms with E-state index in [0.717, 1.165) is 22.3 Å². The maximum absolute atomic E-state index is 13.4. The van der Waals surface area contributed by atoms with Crippen LogP contribution in [0.1, 0.15) is 44.2 Å². The van der Waals surface area contributed by atoms with Crippen molar-refractivity contribution < 1.29 is 29.0 Å². The highest BCUT2D eigenvalue weighted by atomic mass is 16.5. The van der Waals surface area contributed by atoms with E-state index >= 15 is 0 Å². The SMILES string of the molecule is CC(NC(=O)C1(NC(=O)OCC2c3ccccc3-c3ccccc32)C2CCOC2C1(C)C)C(=O)O. The molecule has 184 valence electrons. The van der Waals surface area contributed by atoms with Crippen molar-refractivity contribution in [1.82, 2.24) is 10.6 Å². The molecule has 0 aromatic heterocycles. The molecule has 35 heavy (non-hydrogen) atoms. The number of carboxylic acids is 1. The smallest absolute Gasteiger partial charge is 0.408 e. The van der Waals surface area contributed by atoms with Gasteiger partial charge in [-0.15, -0.1) is 0 Å². The number of hydrogen-bond donors (Lipinski definition) is 3. The second-order valence-electron chi connectivity index (χ2n) is 10.2. The van der Waals surface area contributed by atoms with Gasteiger partial charge in [-0.2, -0.15) is 0 Å². The van der Waals surface area contributed by atoms with Crippen LogP contribution >= 0.6 is 0 Å². The molecule has 4 unspecified atom stereocenters. The fraction of sp³-hybridized carbons (Fsp3) is 0.444. The van der Waals surface area contributed by atoms with Gasteiger partial charge in [0.15, 0.2) is 0 Å². The molecule has 5 rings (SSSR count). The second-order valence-corrected chi connectivity index (χ2v) is 10.2. The Bertz CT molecular complexity index is 1150. The number of carbonyl (C=O) groups excluding carboxylic acids is 2. The van der Waals surface area contributed by atoms with Crippen LogP contribution in [0.15, 0.2) is 48.5 Å². The lowest BCUT2D eigenvalue weighted by Crippen LogP contribution is -2.82. The van der Waals surface area contributed by atoms with Crippen LogP contribution in [-0.4, -0.2) is 54.0 Å². The lowest BCUT2D eigenvalue weighted by atomic mass is 9.47. The number of carbonyl (C=O) groups is 3. The monoisotopic (exact) mass is 478 g/mol. The third kappa shape index (κ3) is 3.42. The van der Waals surface area contributed by atoms with Crippen molar-refractivity contribution in [1.29, 1.82) is 0 Å². The molecule has 8 nitrogen and oxygen atoms in total. The molecule has 2 aliphatic carbocycles. The van der Waals surface area contributed by atoms with E-state index in [1.807, 2.05) is 50.2 Å². The molecule has 1 saturated carbocycles. The average molecular weight is 479 g/mol. The van der Waals surface area contributed by atoms with Crippen LogP contribution in [0, 0.1) is 11.3 Å². The summed E-state index contributed by atoms with van der Waals surface area (Å²) in [6, 6.07) is 15.0. The molecule has 0 radical (unpaired) electrons. The second kappa shape index (κ2) is 8.37. The van der Waals surface area contributed by atoms with Gasteiger partial charge in [-0.3, -0.25) is 9.59 Å². The predicted octanol–water partition coefficient (Wildman–Crippen LogP) is 3.30. The molecule has 0 spiro atoms. The van der Waals surface area contributed by atoms with Crippen LogP contribution in [0.5, 0.6) is 0 Å². The molecule has 4 atom stereocenters. The minimum atomic E-state index is -1.33. The third-order valence-corrected chi connectivity index (χ3v) is 8.09. The highest BCUT2D eigenvalue weighted by Gasteiger charge is 2.74. The molecule has 2 aromatic carbocycles. The lowest BCUT2D eigenvalue weighted by molar-refractivity contribution is -0.184. The van der Waals surface area contributed by atoms with Crippen LogP contribution < -0.4 is 10.6 Å². The van der Waals surface area contributed by atoms with E-state index < -0.39 is 35.0 Å². The van der Waals surface area contributed by atoms with Crippen molar-refractivity contribution in [2.45, 2.75) is 50.8 Å². The fourth-order valence-electron chi connectivity index (χ4n) is 6.29. The van der Waals surface area contributed by atoms with Gasteiger partial charge in [0.2, 0.25) is 5.91 Å². The van der Waals surface area contributed by atoms with Crippen LogP contribution in [0.2, 0.25) is 0 Å². The van der Waals surface area contributed by atoms with Gasteiger partial charge in [0.1, 0.15) is 18.2 Å². The zero-order chi connectivity index (χ0) is 25.0. The first-order valence-corrected chi connectivity index (χ1v) is 12.0. The Hall–Kier alpha value is -3.39. The first-order valence-electron chi connectivity index (χ1n) is 12.0. The minimum Gasteiger partial charge on any atom is -0.480 e. The first kappa shape index (κ1) is 23.4. The quantitative estimate of drug-likeness (QED) is 0.587. The van der Waals surface area contributed by atoms with E-state index in [-0.39, 0.29) is 24.5 Å². The molecule has 1 aliphatic heterocycles. The van der Waals surface area contributed by atoms with Crippen molar-refractivity contribution in [3.05, 3.63) is 59.7 Å². The van der Waals surface area contributed by atoms with Gasteiger partial charge in [0, 0.05) is 23.9 Å². The molecular formula is C27H30N2O6. The Balaban J connectivity index is 1.36. The Kier molecular flexibility index (Phi) is 5.59. The number of nitrogens with one attached hydrogen (secondary N) is 2. The van der Waals surface area contributed by atoms with Crippen molar-refractivity contribution >= 4 is 18.0 Å². The number of alkyl carbamates (subject to hydrolysis) is 1. The molecule has 2 aromatic rings. The number of benzene rings is 2. The highest BCUT2D eigenvalue weighted by Crippen LogP contribution is 2.59. The summed E-state index contributed by atoms with van der Waals surface area (Å²) in [5.74, 6) is -2.05. The van der Waals surface area contributed by atoms with Crippen LogP contribution in [0.4, 0.5) is 4.79 Å². The van der Waals surface area contributed by atoms with Crippen LogP contribution in [-0.2, 0) is 19.1 Å². The van der Waals surface area contributed by atoms with Gasteiger partial charge in [-0.1, -0.05) is 62.4 Å².